The van der Waals surface area contributed by atoms with Gasteiger partial charge >= 0.3 is 5.00 Å². The molecule has 72 valence electrons. The van der Waals surface area contributed by atoms with Crippen LogP contribution in [0.5, 0.6) is 0 Å². The molecule has 13 heavy (non-hydrogen) atoms. The van der Waals surface area contributed by atoms with E-state index in [1.807, 2.05) is 0 Å². The van der Waals surface area contributed by atoms with Gasteiger partial charge in [0, 0.05) is 10.9 Å². The second kappa shape index (κ2) is 3.40. The van der Waals surface area contributed by atoms with Crippen molar-refractivity contribution in [3.8, 4) is 0 Å². The van der Waals surface area contributed by atoms with E-state index in [9.17, 15) is 18.5 Å². The number of hydrogen-bond acceptors (Lipinski definition) is 5. The SMILES string of the molecule is NS(=O)(=O)Cc1ccc([N+](=O)[O-])s1. The fourth-order valence-corrected chi connectivity index (χ4v) is 2.58. The summed E-state index contributed by atoms with van der Waals surface area (Å²) < 4.78 is 21.2. The van der Waals surface area contributed by atoms with Crippen LogP contribution in [0.15, 0.2) is 12.1 Å². The molecule has 0 saturated carbocycles. The van der Waals surface area contributed by atoms with Gasteiger partial charge < -0.3 is 0 Å². The van der Waals surface area contributed by atoms with Crippen LogP contribution in [0.2, 0.25) is 0 Å². The van der Waals surface area contributed by atoms with Crippen molar-refractivity contribution in [3.63, 3.8) is 0 Å². The first kappa shape index (κ1) is 10.1. The van der Waals surface area contributed by atoms with Crippen molar-refractivity contribution >= 4 is 26.4 Å². The van der Waals surface area contributed by atoms with E-state index in [2.05, 4.69) is 0 Å². The summed E-state index contributed by atoms with van der Waals surface area (Å²) in [6, 6.07) is 2.64. The van der Waals surface area contributed by atoms with Gasteiger partial charge in [-0.25, -0.2) is 13.6 Å². The largest absolute Gasteiger partial charge is 0.324 e. The molecule has 0 atom stereocenters. The van der Waals surface area contributed by atoms with Gasteiger partial charge in [0.25, 0.3) is 0 Å². The van der Waals surface area contributed by atoms with E-state index in [4.69, 9.17) is 5.14 Å². The zero-order chi connectivity index (χ0) is 10.1. The summed E-state index contributed by atoms with van der Waals surface area (Å²) in [6.07, 6.45) is 0. The normalized spacial score (nSPS) is 11.5. The number of primary sulfonamides is 1. The van der Waals surface area contributed by atoms with Gasteiger partial charge in [-0.1, -0.05) is 11.3 Å². The van der Waals surface area contributed by atoms with E-state index in [1.165, 1.54) is 12.1 Å². The van der Waals surface area contributed by atoms with Crippen molar-refractivity contribution in [2.75, 3.05) is 0 Å². The smallest absolute Gasteiger partial charge is 0.258 e. The maximum Gasteiger partial charge on any atom is 0.324 e. The molecular formula is C5H6N2O4S2. The van der Waals surface area contributed by atoms with E-state index in [1.54, 1.807) is 0 Å². The van der Waals surface area contributed by atoms with Crippen LogP contribution in [-0.4, -0.2) is 13.3 Å². The van der Waals surface area contributed by atoms with Gasteiger partial charge in [0.05, 0.1) is 10.7 Å². The van der Waals surface area contributed by atoms with Gasteiger partial charge in [0.2, 0.25) is 10.0 Å². The van der Waals surface area contributed by atoms with Gasteiger partial charge in [-0.3, -0.25) is 10.1 Å². The molecule has 0 spiro atoms. The third-order valence-corrected chi connectivity index (χ3v) is 3.10. The first-order valence-corrected chi connectivity index (χ1v) is 5.65. The number of thiophene rings is 1. The number of nitro groups is 1. The van der Waals surface area contributed by atoms with Gasteiger partial charge in [-0.15, -0.1) is 0 Å². The minimum Gasteiger partial charge on any atom is -0.258 e. The molecule has 1 heterocycles. The Labute approximate surface area is 78.2 Å². The molecule has 0 unspecified atom stereocenters. The molecular weight excluding hydrogens is 216 g/mol. The fraction of sp³-hybridized carbons (Fsp3) is 0.200. The van der Waals surface area contributed by atoms with Crippen LogP contribution in [0.4, 0.5) is 5.00 Å². The lowest BCUT2D eigenvalue weighted by Crippen LogP contribution is -2.13. The van der Waals surface area contributed by atoms with Crippen LogP contribution in [-0.2, 0) is 15.8 Å². The van der Waals surface area contributed by atoms with Crippen molar-refractivity contribution in [2.45, 2.75) is 5.75 Å². The van der Waals surface area contributed by atoms with E-state index < -0.39 is 14.9 Å². The number of nitrogens with zero attached hydrogens (tertiary/aromatic N) is 1. The molecule has 2 N–H and O–H groups in total. The minimum absolute atomic E-state index is 0.0846. The Morgan fingerprint density at radius 1 is 1.54 bits per heavy atom. The molecule has 0 aliphatic carbocycles. The minimum atomic E-state index is -3.60. The van der Waals surface area contributed by atoms with E-state index in [-0.39, 0.29) is 10.8 Å². The third kappa shape index (κ3) is 3.09. The lowest BCUT2D eigenvalue weighted by molar-refractivity contribution is -0.380. The quantitative estimate of drug-likeness (QED) is 0.592. The van der Waals surface area contributed by atoms with Gasteiger partial charge in [-0.2, -0.15) is 0 Å². The Balaban J connectivity index is 2.87. The molecule has 0 fully saturated rings. The van der Waals surface area contributed by atoms with E-state index in [0.717, 1.165) is 11.3 Å². The highest BCUT2D eigenvalue weighted by Crippen LogP contribution is 2.24. The summed E-state index contributed by atoms with van der Waals surface area (Å²) in [5, 5.41) is 14.9. The Kier molecular flexibility index (Phi) is 2.64. The lowest BCUT2D eigenvalue weighted by Gasteiger charge is -1.90. The summed E-state index contributed by atoms with van der Waals surface area (Å²) in [5.74, 6) is -0.356. The summed E-state index contributed by atoms with van der Waals surface area (Å²) in [7, 11) is -3.60. The van der Waals surface area contributed by atoms with Crippen LogP contribution in [0.1, 0.15) is 4.88 Å². The summed E-state index contributed by atoms with van der Waals surface area (Å²) in [4.78, 5) is 10.0. The molecule has 0 aromatic carbocycles. The van der Waals surface area contributed by atoms with Crippen molar-refractivity contribution in [1.29, 1.82) is 0 Å². The average Bonchev–Trinajstić information content (AvgIpc) is 2.31. The standard InChI is InChI=1S/C5H6N2O4S2/c6-13(10,11)3-4-1-2-5(12-4)7(8)9/h1-2H,3H2,(H2,6,10,11). The number of sulfonamides is 1. The second-order valence-corrected chi connectivity index (χ2v) is 5.07. The molecule has 0 aliphatic heterocycles. The van der Waals surface area contributed by atoms with Crippen LogP contribution in [0.25, 0.3) is 0 Å². The highest BCUT2D eigenvalue weighted by Gasteiger charge is 2.13. The second-order valence-electron chi connectivity index (χ2n) is 2.30. The first-order valence-electron chi connectivity index (χ1n) is 3.12. The van der Waals surface area contributed by atoms with Crippen molar-refractivity contribution in [2.24, 2.45) is 5.14 Å². The number of nitrogens with two attached hydrogens (primary N) is 1. The Bertz CT molecular complexity index is 421. The lowest BCUT2D eigenvalue weighted by atomic mass is 10.5. The Morgan fingerprint density at radius 3 is 2.54 bits per heavy atom. The fourth-order valence-electron chi connectivity index (χ4n) is 0.741. The summed E-state index contributed by atoms with van der Waals surface area (Å²) in [5.41, 5.74) is 0. The summed E-state index contributed by atoms with van der Waals surface area (Å²) >= 11 is 0.810. The highest BCUT2D eigenvalue weighted by molar-refractivity contribution is 7.88. The summed E-state index contributed by atoms with van der Waals surface area (Å²) in [6.45, 7) is 0. The van der Waals surface area contributed by atoms with Crippen LogP contribution >= 0.6 is 11.3 Å². The number of hydrogen-bond donors (Lipinski definition) is 1. The third-order valence-electron chi connectivity index (χ3n) is 1.17. The molecule has 1 aromatic heterocycles. The average molecular weight is 222 g/mol. The monoisotopic (exact) mass is 222 g/mol. The zero-order valence-corrected chi connectivity index (χ0v) is 7.97. The topological polar surface area (TPSA) is 103 Å². The van der Waals surface area contributed by atoms with E-state index >= 15 is 0 Å². The maximum absolute atomic E-state index is 10.6. The molecule has 0 saturated heterocycles. The van der Waals surface area contributed by atoms with Crippen molar-refractivity contribution < 1.29 is 13.3 Å². The Hall–Kier alpha value is -0.990. The van der Waals surface area contributed by atoms with Crippen LogP contribution in [0, 0.1) is 10.1 Å². The van der Waals surface area contributed by atoms with Crippen molar-refractivity contribution in [1.82, 2.24) is 0 Å². The predicted octanol–water partition coefficient (Wildman–Crippen LogP) is 0.445. The molecule has 0 radical (unpaired) electrons. The maximum atomic E-state index is 10.6. The van der Waals surface area contributed by atoms with Crippen LogP contribution in [0.3, 0.4) is 0 Å². The molecule has 1 aromatic rings. The zero-order valence-electron chi connectivity index (χ0n) is 6.34. The van der Waals surface area contributed by atoms with Gasteiger partial charge in [-0.05, 0) is 6.07 Å². The molecule has 0 amide bonds. The molecule has 0 aliphatic rings. The van der Waals surface area contributed by atoms with Crippen molar-refractivity contribution in [3.05, 3.63) is 27.1 Å². The van der Waals surface area contributed by atoms with Crippen LogP contribution < -0.4 is 5.14 Å². The molecule has 1 rings (SSSR count). The van der Waals surface area contributed by atoms with E-state index in [0.29, 0.717) is 4.88 Å². The van der Waals surface area contributed by atoms with Gasteiger partial charge in [0.15, 0.2) is 0 Å². The molecule has 6 nitrogen and oxygen atoms in total. The molecule has 0 bridgehead atoms. The Morgan fingerprint density at radius 2 is 2.15 bits per heavy atom. The molecule has 8 heteroatoms. The van der Waals surface area contributed by atoms with Gasteiger partial charge in [0.1, 0.15) is 0 Å². The first-order chi connectivity index (χ1) is 5.88. The predicted molar refractivity (Wildman–Crippen MR) is 47.8 cm³/mol. The highest BCUT2D eigenvalue weighted by atomic mass is 32.2. The number of rotatable bonds is 3.